The van der Waals surface area contributed by atoms with Crippen LogP contribution in [0.3, 0.4) is 0 Å². The minimum Gasteiger partial charge on any atom is -0.480 e. The second-order valence-corrected chi connectivity index (χ2v) is 3.10. The number of aliphatic hydroxyl groups is 1. The van der Waals surface area contributed by atoms with Crippen LogP contribution < -0.4 is 10.6 Å². The van der Waals surface area contributed by atoms with Crippen LogP contribution in [0.15, 0.2) is 18.6 Å². The number of aromatic nitrogens is 2. The third-order valence-corrected chi connectivity index (χ3v) is 1.86. The zero-order valence-electron chi connectivity index (χ0n) is 8.83. The summed E-state index contributed by atoms with van der Waals surface area (Å²) in [4.78, 5) is 29.3. The lowest BCUT2D eigenvalue weighted by atomic mass is 10.3. The number of carbonyl (C=O) groups excluding carboxylic acids is 1. The maximum absolute atomic E-state index is 11.3. The number of aliphatic hydroxyl groups excluding tert-OH is 1. The van der Waals surface area contributed by atoms with Crippen molar-refractivity contribution >= 4 is 12.0 Å². The van der Waals surface area contributed by atoms with E-state index in [0.717, 1.165) is 0 Å². The Balaban J connectivity index is 2.37. The van der Waals surface area contributed by atoms with E-state index in [1.807, 2.05) is 0 Å². The van der Waals surface area contributed by atoms with Crippen LogP contribution in [-0.2, 0) is 11.3 Å². The zero-order valence-corrected chi connectivity index (χ0v) is 8.83. The average molecular weight is 240 g/mol. The van der Waals surface area contributed by atoms with E-state index in [-0.39, 0.29) is 6.54 Å². The van der Waals surface area contributed by atoms with Crippen molar-refractivity contribution in [3.63, 3.8) is 0 Å². The van der Waals surface area contributed by atoms with Gasteiger partial charge in [-0.05, 0) is 6.07 Å². The fraction of sp³-hybridized carbons (Fsp3) is 0.333. The highest BCUT2D eigenvalue weighted by Crippen LogP contribution is 1.89. The third-order valence-electron chi connectivity index (χ3n) is 1.86. The van der Waals surface area contributed by atoms with Gasteiger partial charge in [-0.1, -0.05) is 0 Å². The summed E-state index contributed by atoms with van der Waals surface area (Å²) in [6, 6.07) is -0.397. The smallest absolute Gasteiger partial charge is 0.328 e. The maximum atomic E-state index is 11.3. The van der Waals surface area contributed by atoms with Crippen molar-refractivity contribution in [2.45, 2.75) is 12.6 Å². The van der Waals surface area contributed by atoms with Crippen LogP contribution in [0.4, 0.5) is 4.79 Å². The summed E-state index contributed by atoms with van der Waals surface area (Å²) in [5.74, 6) is -1.30. The molecule has 0 spiro atoms. The van der Waals surface area contributed by atoms with Crippen molar-refractivity contribution < 1.29 is 19.8 Å². The van der Waals surface area contributed by atoms with E-state index in [1.54, 1.807) is 6.07 Å². The first kappa shape index (κ1) is 12.8. The zero-order chi connectivity index (χ0) is 12.7. The molecular weight excluding hydrogens is 228 g/mol. The summed E-state index contributed by atoms with van der Waals surface area (Å²) in [6.45, 7) is -0.525. The molecule has 0 saturated carbocycles. The minimum atomic E-state index is -1.32. The topological polar surface area (TPSA) is 124 Å². The van der Waals surface area contributed by atoms with Crippen molar-refractivity contribution in [2.24, 2.45) is 0 Å². The third kappa shape index (κ3) is 4.43. The molecule has 0 fully saturated rings. The Bertz CT molecular complexity index is 384. The van der Waals surface area contributed by atoms with Gasteiger partial charge in [-0.2, -0.15) is 0 Å². The lowest BCUT2D eigenvalue weighted by Gasteiger charge is -2.12. The van der Waals surface area contributed by atoms with E-state index in [4.69, 9.17) is 10.2 Å². The van der Waals surface area contributed by atoms with Gasteiger partial charge in [0.25, 0.3) is 0 Å². The van der Waals surface area contributed by atoms with Gasteiger partial charge in [-0.15, -0.1) is 0 Å². The Morgan fingerprint density at radius 2 is 2.24 bits per heavy atom. The quantitative estimate of drug-likeness (QED) is 0.508. The van der Waals surface area contributed by atoms with E-state index in [2.05, 4.69) is 20.6 Å². The Morgan fingerprint density at radius 3 is 2.76 bits per heavy atom. The van der Waals surface area contributed by atoms with E-state index in [0.29, 0.717) is 5.69 Å². The summed E-state index contributed by atoms with van der Waals surface area (Å²) in [7, 11) is 0. The molecular formula is C9H12N4O4. The van der Waals surface area contributed by atoms with Gasteiger partial charge >= 0.3 is 12.0 Å². The normalized spacial score (nSPS) is 11.6. The highest BCUT2D eigenvalue weighted by molar-refractivity contribution is 5.82. The number of amides is 2. The molecule has 8 heteroatoms. The number of nitrogens with zero attached hydrogens (tertiary/aromatic N) is 2. The van der Waals surface area contributed by atoms with Crippen LogP contribution in [0.5, 0.6) is 0 Å². The minimum absolute atomic E-state index is 0.145. The first-order valence-electron chi connectivity index (χ1n) is 4.76. The monoisotopic (exact) mass is 240 g/mol. The highest BCUT2D eigenvalue weighted by Gasteiger charge is 2.18. The summed E-state index contributed by atoms with van der Waals surface area (Å²) >= 11 is 0. The number of carboxylic acid groups (broad SMARTS) is 1. The summed E-state index contributed by atoms with van der Waals surface area (Å²) < 4.78 is 0. The molecule has 1 unspecified atom stereocenters. The van der Waals surface area contributed by atoms with Crippen LogP contribution in [0.2, 0.25) is 0 Å². The fourth-order valence-corrected chi connectivity index (χ4v) is 0.988. The van der Waals surface area contributed by atoms with Gasteiger partial charge < -0.3 is 20.8 Å². The molecule has 0 radical (unpaired) electrons. The van der Waals surface area contributed by atoms with Gasteiger partial charge in [-0.25, -0.2) is 19.6 Å². The molecule has 0 aromatic carbocycles. The number of carboxylic acids is 1. The lowest BCUT2D eigenvalue weighted by molar-refractivity contribution is -0.140. The number of carbonyl (C=O) groups is 2. The second kappa shape index (κ2) is 6.38. The highest BCUT2D eigenvalue weighted by atomic mass is 16.4. The SMILES string of the molecule is O=C(NCc1ccncn1)NC(CO)C(=O)O. The molecule has 0 saturated heterocycles. The standard InChI is InChI=1S/C9H12N4O4/c14-4-7(8(15)16)13-9(17)11-3-6-1-2-10-5-12-6/h1-2,5,7,14H,3-4H2,(H,15,16)(H2,11,13,17). The van der Waals surface area contributed by atoms with Gasteiger partial charge in [0.2, 0.25) is 0 Å². The van der Waals surface area contributed by atoms with E-state index < -0.39 is 24.6 Å². The van der Waals surface area contributed by atoms with Crippen molar-refractivity contribution in [1.29, 1.82) is 0 Å². The average Bonchev–Trinajstić information content (AvgIpc) is 2.34. The van der Waals surface area contributed by atoms with Gasteiger partial charge in [0.1, 0.15) is 6.33 Å². The summed E-state index contributed by atoms with van der Waals surface area (Å²) in [6.07, 6.45) is 2.86. The molecule has 0 aliphatic rings. The molecule has 92 valence electrons. The number of hydrogen-bond acceptors (Lipinski definition) is 5. The molecule has 1 rings (SSSR count). The summed E-state index contributed by atoms with van der Waals surface area (Å²) in [5, 5.41) is 21.8. The van der Waals surface area contributed by atoms with Gasteiger partial charge in [-0.3, -0.25) is 0 Å². The number of rotatable bonds is 5. The number of nitrogens with one attached hydrogen (secondary N) is 2. The summed E-state index contributed by atoms with van der Waals surface area (Å²) in [5.41, 5.74) is 0.589. The molecule has 4 N–H and O–H groups in total. The van der Waals surface area contributed by atoms with Crippen molar-refractivity contribution in [3.05, 3.63) is 24.3 Å². The Morgan fingerprint density at radius 1 is 1.47 bits per heavy atom. The van der Waals surface area contributed by atoms with Crippen LogP contribution in [0.25, 0.3) is 0 Å². The fourth-order valence-electron chi connectivity index (χ4n) is 0.988. The molecule has 1 aromatic rings. The van der Waals surface area contributed by atoms with Gasteiger partial charge in [0.05, 0.1) is 18.8 Å². The van der Waals surface area contributed by atoms with Crippen molar-refractivity contribution in [2.75, 3.05) is 6.61 Å². The van der Waals surface area contributed by atoms with E-state index >= 15 is 0 Å². The van der Waals surface area contributed by atoms with E-state index in [9.17, 15) is 9.59 Å². The van der Waals surface area contributed by atoms with Crippen molar-refractivity contribution in [3.8, 4) is 0 Å². The number of urea groups is 1. The second-order valence-electron chi connectivity index (χ2n) is 3.10. The predicted molar refractivity (Wildman–Crippen MR) is 55.9 cm³/mol. The van der Waals surface area contributed by atoms with Crippen molar-refractivity contribution in [1.82, 2.24) is 20.6 Å². The molecule has 2 amide bonds. The molecule has 1 atom stereocenters. The molecule has 0 bridgehead atoms. The molecule has 8 nitrogen and oxygen atoms in total. The Hall–Kier alpha value is -2.22. The molecule has 0 aliphatic heterocycles. The number of hydrogen-bond donors (Lipinski definition) is 4. The number of aliphatic carboxylic acids is 1. The van der Waals surface area contributed by atoms with Crippen LogP contribution in [0, 0.1) is 0 Å². The molecule has 17 heavy (non-hydrogen) atoms. The molecule has 1 heterocycles. The van der Waals surface area contributed by atoms with Gasteiger partial charge in [0.15, 0.2) is 6.04 Å². The van der Waals surface area contributed by atoms with E-state index in [1.165, 1.54) is 12.5 Å². The Kier molecular flexibility index (Phi) is 4.82. The van der Waals surface area contributed by atoms with Crippen LogP contribution in [0.1, 0.15) is 5.69 Å². The largest absolute Gasteiger partial charge is 0.480 e. The maximum Gasteiger partial charge on any atom is 0.328 e. The first-order chi connectivity index (χ1) is 8.13. The van der Waals surface area contributed by atoms with Crippen LogP contribution in [-0.4, -0.2) is 44.8 Å². The predicted octanol–water partition coefficient (Wildman–Crippen LogP) is -1.28. The lowest BCUT2D eigenvalue weighted by Crippen LogP contribution is -2.47. The first-order valence-corrected chi connectivity index (χ1v) is 4.76. The van der Waals surface area contributed by atoms with Gasteiger partial charge in [0, 0.05) is 6.20 Å². The Labute approximate surface area is 96.7 Å². The van der Waals surface area contributed by atoms with Crippen LogP contribution >= 0.6 is 0 Å². The molecule has 0 aliphatic carbocycles. The molecule has 1 aromatic heterocycles.